The number of hydrogen-bond donors (Lipinski definition) is 2. The minimum atomic E-state index is -0.339. The first-order valence-corrected chi connectivity index (χ1v) is 7.14. The van der Waals surface area contributed by atoms with Crippen LogP contribution in [-0.4, -0.2) is 22.7 Å². The van der Waals surface area contributed by atoms with Gasteiger partial charge in [-0.05, 0) is 31.6 Å². The Hall–Kier alpha value is -0.740. The van der Waals surface area contributed by atoms with E-state index < -0.39 is 0 Å². The number of phenols is 1. The maximum Gasteiger partial charge on any atom is 0.131 e. The molecule has 2 nitrogen and oxygen atoms in total. The van der Waals surface area contributed by atoms with Crippen LogP contribution in [0.2, 0.25) is 0 Å². The molecule has 2 N–H and O–H groups in total. The average molecular weight is 255 g/mol. The van der Waals surface area contributed by atoms with Crippen LogP contribution in [0.4, 0.5) is 4.39 Å². The van der Waals surface area contributed by atoms with Crippen LogP contribution in [0, 0.1) is 5.82 Å². The number of halogens is 1. The van der Waals surface area contributed by atoms with Gasteiger partial charge in [-0.25, -0.2) is 4.39 Å². The first-order chi connectivity index (χ1) is 8.16. The van der Waals surface area contributed by atoms with Crippen molar-refractivity contribution >= 4 is 11.8 Å². The van der Waals surface area contributed by atoms with E-state index in [1.807, 2.05) is 18.7 Å². The van der Waals surface area contributed by atoms with Crippen molar-refractivity contribution in [3.63, 3.8) is 0 Å². The summed E-state index contributed by atoms with van der Waals surface area (Å²) >= 11 is 1.95. The van der Waals surface area contributed by atoms with E-state index in [0.29, 0.717) is 11.6 Å². The van der Waals surface area contributed by atoms with Crippen molar-refractivity contribution in [3.8, 4) is 5.75 Å². The van der Waals surface area contributed by atoms with Gasteiger partial charge in [-0.2, -0.15) is 11.8 Å². The molecule has 17 heavy (non-hydrogen) atoms. The highest BCUT2D eigenvalue weighted by Crippen LogP contribution is 2.24. The molecule has 0 aromatic heterocycles. The summed E-state index contributed by atoms with van der Waals surface area (Å²) in [5.74, 6) is 1.98. The zero-order valence-corrected chi connectivity index (χ0v) is 10.8. The summed E-state index contributed by atoms with van der Waals surface area (Å²) in [6.07, 6.45) is 2.39. The Balaban J connectivity index is 2.00. The van der Waals surface area contributed by atoms with Crippen LogP contribution in [0.3, 0.4) is 0 Å². The smallest absolute Gasteiger partial charge is 0.131 e. The van der Waals surface area contributed by atoms with Crippen LogP contribution >= 0.6 is 11.8 Å². The van der Waals surface area contributed by atoms with Gasteiger partial charge in [0.1, 0.15) is 11.6 Å². The quantitative estimate of drug-likeness (QED) is 0.870. The highest BCUT2D eigenvalue weighted by atomic mass is 32.2. The second-order valence-corrected chi connectivity index (χ2v) is 5.66. The molecule has 1 aromatic carbocycles. The largest absolute Gasteiger partial charge is 0.508 e. The number of thioether (sulfide) groups is 1. The molecule has 0 aliphatic carbocycles. The lowest BCUT2D eigenvalue weighted by molar-refractivity contribution is 0.435. The molecule has 1 fully saturated rings. The van der Waals surface area contributed by atoms with E-state index in [4.69, 9.17) is 0 Å². The summed E-state index contributed by atoms with van der Waals surface area (Å²) in [6.45, 7) is 1.97. The lowest BCUT2D eigenvalue weighted by Crippen LogP contribution is -2.35. The van der Waals surface area contributed by atoms with E-state index in [2.05, 4.69) is 5.32 Å². The molecule has 1 aromatic rings. The van der Waals surface area contributed by atoms with Crippen molar-refractivity contribution in [2.75, 3.05) is 11.5 Å². The Bertz CT molecular complexity index is 380. The molecule has 1 saturated heterocycles. The van der Waals surface area contributed by atoms with Crippen LogP contribution in [0.5, 0.6) is 5.75 Å². The molecule has 0 bridgehead atoms. The first kappa shape index (κ1) is 12.7. The van der Waals surface area contributed by atoms with E-state index in [1.54, 1.807) is 6.07 Å². The molecule has 1 aliphatic heterocycles. The van der Waals surface area contributed by atoms with Gasteiger partial charge < -0.3 is 10.4 Å². The van der Waals surface area contributed by atoms with Gasteiger partial charge in [0, 0.05) is 29.5 Å². The molecule has 0 saturated carbocycles. The Kier molecular flexibility index (Phi) is 4.29. The lowest BCUT2D eigenvalue weighted by atomic mass is 10.1. The summed E-state index contributed by atoms with van der Waals surface area (Å²) in [5.41, 5.74) is 0.623. The predicted octanol–water partition coefficient (Wildman–Crippen LogP) is 3.08. The first-order valence-electron chi connectivity index (χ1n) is 5.99. The molecule has 0 radical (unpaired) electrons. The van der Waals surface area contributed by atoms with E-state index in [-0.39, 0.29) is 17.6 Å². The Morgan fingerprint density at radius 3 is 3.00 bits per heavy atom. The van der Waals surface area contributed by atoms with Crippen molar-refractivity contribution in [1.82, 2.24) is 5.32 Å². The van der Waals surface area contributed by atoms with E-state index in [0.717, 1.165) is 12.2 Å². The van der Waals surface area contributed by atoms with Gasteiger partial charge in [-0.15, -0.1) is 0 Å². The molecular weight excluding hydrogens is 237 g/mol. The summed E-state index contributed by atoms with van der Waals surface area (Å²) in [7, 11) is 0. The zero-order valence-electron chi connectivity index (χ0n) is 9.95. The van der Waals surface area contributed by atoms with Gasteiger partial charge in [0.2, 0.25) is 0 Å². The van der Waals surface area contributed by atoms with Crippen LogP contribution in [-0.2, 0) is 0 Å². The lowest BCUT2D eigenvalue weighted by Gasteiger charge is -2.26. The van der Waals surface area contributed by atoms with Crippen molar-refractivity contribution < 1.29 is 9.50 Å². The van der Waals surface area contributed by atoms with Gasteiger partial charge in [0.15, 0.2) is 0 Å². The number of nitrogens with one attached hydrogen (secondary N) is 1. The number of phenolic OH excluding ortho intramolecular Hbond substituents is 1. The number of benzene rings is 1. The third-order valence-corrected chi connectivity index (χ3v) is 4.31. The molecule has 94 valence electrons. The van der Waals surface area contributed by atoms with Crippen molar-refractivity contribution in [3.05, 3.63) is 29.6 Å². The Morgan fingerprint density at radius 2 is 2.35 bits per heavy atom. The van der Waals surface area contributed by atoms with E-state index in [1.165, 1.54) is 24.3 Å². The maximum atomic E-state index is 13.6. The fraction of sp³-hybridized carbons (Fsp3) is 0.538. The maximum absolute atomic E-state index is 13.6. The Morgan fingerprint density at radius 1 is 1.53 bits per heavy atom. The predicted molar refractivity (Wildman–Crippen MR) is 70.0 cm³/mol. The monoisotopic (exact) mass is 255 g/mol. The molecule has 0 spiro atoms. The molecule has 1 heterocycles. The molecule has 2 unspecified atom stereocenters. The summed E-state index contributed by atoms with van der Waals surface area (Å²) < 4.78 is 13.6. The number of aromatic hydroxyl groups is 1. The zero-order chi connectivity index (χ0) is 12.3. The molecule has 2 atom stereocenters. The van der Waals surface area contributed by atoms with Crippen LogP contribution < -0.4 is 5.32 Å². The normalized spacial score (nSPS) is 22.4. The fourth-order valence-corrected chi connectivity index (χ4v) is 3.27. The minimum Gasteiger partial charge on any atom is -0.508 e. The highest BCUT2D eigenvalue weighted by Gasteiger charge is 2.18. The molecule has 1 aliphatic rings. The van der Waals surface area contributed by atoms with Gasteiger partial charge >= 0.3 is 0 Å². The second kappa shape index (κ2) is 5.74. The SMILES string of the molecule is CC(NC1CCCSC1)c1ccc(O)cc1F. The topological polar surface area (TPSA) is 32.3 Å². The highest BCUT2D eigenvalue weighted by molar-refractivity contribution is 7.99. The minimum absolute atomic E-state index is 0.0145. The molecular formula is C13H18FNOS. The standard InChI is InChI=1S/C13H18FNOS/c1-9(15-10-3-2-6-17-8-10)12-5-4-11(16)7-13(12)14/h4-5,7,9-10,15-16H,2-3,6,8H2,1H3. The summed E-state index contributed by atoms with van der Waals surface area (Å²) in [6, 6.07) is 4.81. The van der Waals surface area contributed by atoms with Crippen molar-refractivity contribution in [2.45, 2.75) is 31.8 Å². The summed E-state index contributed by atoms with van der Waals surface area (Å²) in [5, 5.41) is 12.6. The number of hydrogen-bond acceptors (Lipinski definition) is 3. The van der Waals surface area contributed by atoms with E-state index >= 15 is 0 Å². The van der Waals surface area contributed by atoms with Gasteiger partial charge in [-0.3, -0.25) is 0 Å². The second-order valence-electron chi connectivity index (χ2n) is 4.51. The Labute approximate surface area is 106 Å². The average Bonchev–Trinajstić information content (AvgIpc) is 2.30. The van der Waals surface area contributed by atoms with Crippen LogP contribution in [0.15, 0.2) is 18.2 Å². The van der Waals surface area contributed by atoms with Gasteiger partial charge in [-0.1, -0.05) is 6.07 Å². The summed E-state index contributed by atoms with van der Waals surface area (Å²) in [4.78, 5) is 0. The van der Waals surface area contributed by atoms with Crippen molar-refractivity contribution in [1.29, 1.82) is 0 Å². The fourth-order valence-electron chi connectivity index (χ4n) is 2.18. The van der Waals surface area contributed by atoms with Gasteiger partial charge in [0.05, 0.1) is 0 Å². The van der Waals surface area contributed by atoms with Gasteiger partial charge in [0.25, 0.3) is 0 Å². The molecule has 2 rings (SSSR count). The third kappa shape index (κ3) is 3.36. The molecule has 4 heteroatoms. The van der Waals surface area contributed by atoms with Crippen LogP contribution in [0.25, 0.3) is 0 Å². The van der Waals surface area contributed by atoms with Crippen molar-refractivity contribution in [2.24, 2.45) is 0 Å². The van der Waals surface area contributed by atoms with Crippen LogP contribution in [0.1, 0.15) is 31.4 Å². The van der Waals surface area contributed by atoms with E-state index in [9.17, 15) is 9.50 Å². The molecule has 0 amide bonds. The number of rotatable bonds is 3. The third-order valence-electron chi connectivity index (χ3n) is 3.10.